The quantitative estimate of drug-likeness (QED) is 0.786. The van der Waals surface area contributed by atoms with E-state index in [1.807, 2.05) is 0 Å². The Morgan fingerprint density at radius 3 is 2.17 bits per heavy atom. The minimum absolute atomic E-state index is 0.0782. The number of benzene rings is 1. The zero-order valence-corrected chi connectivity index (χ0v) is 14.8. The molecule has 1 aromatic carbocycles. The normalized spacial score (nSPS) is 12.1. The molecular weight excluding hydrogens is 337 g/mol. The summed E-state index contributed by atoms with van der Waals surface area (Å²) in [6.07, 6.45) is -0.749. The number of hydrogen-bond donors (Lipinski definition) is 1. The molecule has 1 aromatic heterocycles. The molecule has 2 aromatic rings. The van der Waals surface area contributed by atoms with Crippen molar-refractivity contribution in [2.45, 2.75) is 33.8 Å². The van der Waals surface area contributed by atoms with Crippen molar-refractivity contribution in [2.75, 3.05) is 0 Å². The first-order valence-electron chi connectivity index (χ1n) is 7.07. The van der Waals surface area contributed by atoms with Crippen molar-refractivity contribution >= 4 is 34.8 Å². The van der Waals surface area contributed by atoms with E-state index in [1.54, 1.807) is 39.0 Å². The van der Waals surface area contributed by atoms with Crippen LogP contribution in [-0.4, -0.2) is 22.7 Å². The standard InChI is InChI=1S/C17H17Cl2NO3/c1-8-15(10(3)21)9(2)20-16(8)17(22)11(4)23-14-6-12(18)5-13(19)7-14/h5-7,11,20H,1-4H3/t11-/m1/s1. The molecule has 1 heterocycles. The largest absolute Gasteiger partial charge is 0.482 e. The number of aryl methyl sites for hydroxylation is 1. The number of halogens is 2. The first-order valence-corrected chi connectivity index (χ1v) is 7.83. The number of aromatic nitrogens is 1. The van der Waals surface area contributed by atoms with E-state index in [-0.39, 0.29) is 11.6 Å². The first-order chi connectivity index (χ1) is 10.7. The molecule has 6 heteroatoms. The zero-order valence-electron chi connectivity index (χ0n) is 13.3. The number of H-pyrrole nitrogens is 1. The van der Waals surface area contributed by atoms with E-state index in [1.165, 1.54) is 6.92 Å². The van der Waals surface area contributed by atoms with Gasteiger partial charge in [-0.05, 0) is 51.5 Å². The van der Waals surface area contributed by atoms with Crippen LogP contribution in [0, 0.1) is 13.8 Å². The van der Waals surface area contributed by atoms with Crippen molar-refractivity contribution in [3.63, 3.8) is 0 Å². The van der Waals surface area contributed by atoms with Crippen LogP contribution in [0.25, 0.3) is 0 Å². The summed E-state index contributed by atoms with van der Waals surface area (Å²) in [5.74, 6) is 0.0933. The van der Waals surface area contributed by atoms with Crippen molar-refractivity contribution in [1.82, 2.24) is 4.98 Å². The third-order valence-corrected chi connectivity index (χ3v) is 3.99. The molecule has 0 radical (unpaired) electrons. The van der Waals surface area contributed by atoms with Gasteiger partial charge in [0.2, 0.25) is 5.78 Å². The second kappa shape index (κ2) is 6.77. The SMILES string of the molecule is CC(=O)c1c(C)[nH]c(C(=O)[C@@H](C)Oc2cc(Cl)cc(Cl)c2)c1C. The highest BCUT2D eigenvalue weighted by Gasteiger charge is 2.24. The number of hydrogen-bond acceptors (Lipinski definition) is 3. The van der Waals surface area contributed by atoms with Gasteiger partial charge in [-0.3, -0.25) is 9.59 Å². The molecule has 0 amide bonds. The predicted octanol–water partition coefficient (Wildman–Crippen LogP) is 4.79. The van der Waals surface area contributed by atoms with E-state index in [0.29, 0.717) is 38.3 Å². The molecule has 23 heavy (non-hydrogen) atoms. The Kier molecular flexibility index (Phi) is 5.17. The van der Waals surface area contributed by atoms with Crippen LogP contribution in [0.2, 0.25) is 10.0 Å². The highest BCUT2D eigenvalue weighted by molar-refractivity contribution is 6.34. The van der Waals surface area contributed by atoms with E-state index >= 15 is 0 Å². The van der Waals surface area contributed by atoms with Crippen LogP contribution < -0.4 is 4.74 Å². The van der Waals surface area contributed by atoms with Crippen molar-refractivity contribution in [1.29, 1.82) is 0 Å². The van der Waals surface area contributed by atoms with E-state index < -0.39 is 6.10 Å². The Morgan fingerprint density at radius 2 is 1.70 bits per heavy atom. The van der Waals surface area contributed by atoms with E-state index in [9.17, 15) is 9.59 Å². The predicted molar refractivity (Wildman–Crippen MR) is 91.2 cm³/mol. The molecule has 2 rings (SSSR count). The van der Waals surface area contributed by atoms with Gasteiger partial charge < -0.3 is 9.72 Å². The average Bonchev–Trinajstić information content (AvgIpc) is 2.71. The Morgan fingerprint density at radius 1 is 1.13 bits per heavy atom. The van der Waals surface area contributed by atoms with Gasteiger partial charge in [0.05, 0.1) is 5.69 Å². The van der Waals surface area contributed by atoms with E-state index in [4.69, 9.17) is 27.9 Å². The fraction of sp³-hybridized carbons (Fsp3) is 0.294. The van der Waals surface area contributed by atoms with Crippen LogP contribution in [0.3, 0.4) is 0 Å². The van der Waals surface area contributed by atoms with Gasteiger partial charge in [-0.25, -0.2) is 0 Å². The number of ketones is 2. The van der Waals surface area contributed by atoms with Crippen LogP contribution in [0.1, 0.15) is 46.0 Å². The molecule has 0 spiro atoms. The van der Waals surface area contributed by atoms with Gasteiger partial charge in [0, 0.05) is 21.3 Å². The lowest BCUT2D eigenvalue weighted by Gasteiger charge is -2.14. The molecule has 0 aliphatic carbocycles. The van der Waals surface area contributed by atoms with Crippen LogP contribution in [-0.2, 0) is 0 Å². The van der Waals surface area contributed by atoms with Gasteiger partial charge >= 0.3 is 0 Å². The number of carbonyl (C=O) groups excluding carboxylic acids is 2. The summed E-state index contributed by atoms with van der Waals surface area (Å²) >= 11 is 11.8. The van der Waals surface area contributed by atoms with Crippen molar-refractivity contribution in [2.24, 2.45) is 0 Å². The van der Waals surface area contributed by atoms with Crippen molar-refractivity contribution in [3.8, 4) is 5.75 Å². The van der Waals surface area contributed by atoms with Crippen molar-refractivity contribution in [3.05, 3.63) is 50.8 Å². The fourth-order valence-electron chi connectivity index (χ4n) is 2.58. The maximum absolute atomic E-state index is 12.6. The third kappa shape index (κ3) is 3.77. The Balaban J connectivity index is 2.26. The highest BCUT2D eigenvalue weighted by Crippen LogP contribution is 2.26. The van der Waals surface area contributed by atoms with Crippen LogP contribution in [0.4, 0.5) is 0 Å². The maximum Gasteiger partial charge on any atom is 0.219 e. The summed E-state index contributed by atoms with van der Waals surface area (Å²) < 4.78 is 5.63. The number of rotatable bonds is 5. The number of carbonyl (C=O) groups is 2. The lowest BCUT2D eigenvalue weighted by Crippen LogP contribution is -2.25. The van der Waals surface area contributed by atoms with Gasteiger partial charge in [-0.2, -0.15) is 0 Å². The van der Waals surface area contributed by atoms with Gasteiger partial charge in [0.25, 0.3) is 0 Å². The minimum Gasteiger partial charge on any atom is -0.482 e. The number of Topliss-reactive ketones (excluding diaryl/α,β-unsaturated/α-hetero) is 2. The maximum atomic E-state index is 12.6. The fourth-order valence-corrected chi connectivity index (χ4v) is 3.09. The van der Waals surface area contributed by atoms with E-state index in [0.717, 1.165) is 0 Å². The minimum atomic E-state index is -0.749. The molecule has 0 saturated heterocycles. The number of aromatic amines is 1. The molecule has 0 fully saturated rings. The molecule has 0 aliphatic heterocycles. The summed E-state index contributed by atoms with van der Waals surface area (Å²) in [6.45, 7) is 6.63. The molecule has 0 unspecified atom stereocenters. The molecule has 0 aliphatic rings. The second-order valence-electron chi connectivity index (χ2n) is 5.41. The van der Waals surface area contributed by atoms with Gasteiger partial charge in [-0.15, -0.1) is 0 Å². The van der Waals surface area contributed by atoms with Crippen molar-refractivity contribution < 1.29 is 14.3 Å². The lowest BCUT2D eigenvalue weighted by atomic mass is 10.0. The number of ether oxygens (including phenoxy) is 1. The van der Waals surface area contributed by atoms with Gasteiger partial charge in [0.15, 0.2) is 11.9 Å². The molecule has 1 N–H and O–H groups in total. The number of nitrogens with one attached hydrogen (secondary N) is 1. The van der Waals surface area contributed by atoms with Gasteiger partial charge in [0.1, 0.15) is 5.75 Å². The molecule has 1 atom stereocenters. The highest BCUT2D eigenvalue weighted by atomic mass is 35.5. The Bertz CT molecular complexity index is 760. The molecular formula is C17H17Cl2NO3. The van der Waals surface area contributed by atoms with E-state index in [2.05, 4.69) is 4.98 Å². The topological polar surface area (TPSA) is 59.2 Å². The van der Waals surface area contributed by atoms with Crippen LogP contribution in [0.15, 0.2) is 18.2 Å². The molecule has 122 valence electrons. The van der Waals surface area contributed by atoms with Crippen LogP contribution in [0.5, 0.6) is 5.75 Å². The summed E-state index contributed by atoms with van der Waals surface area (Å²) in [6, 6.07) is 4.76. The summed E-state index contributed by atoms with van der Waals surface area (Å²) in [5.41, 5.74) is 2.25. The summed E-state index contributed by atoms with van der Waals surface area (Å²) in [4.78, 5) is 27.2. The zero-order chi connectivity index (χ0) is 17.3. The smallest absolute Gasteiger partial charge is 0.219 e. The molecule has 0 saturated carbocycles. The Hall–Kier alpha value is -1.78. The molecule has 4 nitrogen and oxygen atoms in total. The lowest BCUT2D eigenvalue weighted by molar-refractivity contribution is 0.0812. The summed E-state index contributed by atoms with van der Waals surface area (Å²) in [5, 5.41) is 0.857. The molecule has 0 bridgehead atoms. The Labute approximate surface area is 144 Å². The monoisotopic (exact) mass is 353 g/mol. The average molecular weight is 354 g/mol. The first kappa shape index (κ1) is 17.6. The summed E-state index contributed by atoms with van der Waals surface area (Å²) in [7, 11) is 0. The van der Waals surface area contributed by atoms with Gasteiger partial charge in [-0.1, -0.05) is 23.2 Å². The van der Waals surface area contributed by atoms with Crippen LogP contribution >= 0.6 is 23.2 Å². The second-order valence-corrected chi connectivity index (χ2v) is 6.28. The third-order valence-electron chi connectivity index (χ3n) is 3.55.